The molecule has 0 unspecified atom stereocenters. The Balaban J connectivity index is 2.92. The van der Waals surface area contributed by atoms with E-state index in [1.807, 2.05) is 19.0 Å². The maximum Gasteiger partial charge on any atom is 0.327 e. The van der Waals surface area contributed by atoms with Crippen molar-refractivity contribution >= 4 is 11.4 Å². The van der Waals surface area contributed by atoms with E-state index in [0.717, 1.165) is 6.07 Å². The smallest absolute Gasteiger partial charge is 0.327 e. The zero-order valence-electron chi connectivity index (χ0n) is 9.54. The third-order valence-corrected chi connectivity index (χ3v) is 2.09. The minimum absolute atomic E-state index is 0.144. The highest BCUT2D eigenvalue weighted by molar-refractivity contribution is 5.62. The maximum atomic E-state index is 13.2. The summed E-state index contributed by atoms with van der Waals surface area (Å²) in [5.41, 5.74) is -0.875. The molecule has 0 saturated heterocycles. The Morgan fingerprint density at radius 2 is 2.06 bits per heavy atom. The standard InChI is InChI=1S/C10H13F2N3O2/c1-14(2)4-3-13-9-6-7(11)5-8(12)10(9)15(16)17/h5-6,13H,3-4H2,1-2H3. The van der Waals surface area contributed by atoms with Gasteiger partial charge in [0.25, 0.3) is 0 Å². The van der Waals surface area contributed by atoms with Crippen LogP contribution >= 0.6 is 0 Å². The lowest BCUT2D eigenvalue weighted by Crippen LogP contribution is -2.21. The molecule has 1 N–H and O–H groups in total. The van der Waals surface area contributed by atoms with Crippen LogP contribution in [-0.4, -0.2) is 37.0 Å². The lowest BCUT2D eigenvalue weighted by molar-refractivity contribution is -0.386. The summed E-state index contributed by atoms with van der Waals surface area (Å²) < 4.78 is 26.2. The van der Waals surface area contributed by atoms with Gasteiger partial charge in [0.15, 0.2) is 0 Å². The molecule has 0 heterocycles. The quantitative estimate of drug-likeness (QED) is 0.635. The molecule has 0 aliphatic carbocycles. The highest BCUT2D eigenvalue weighted by atomic mass is 19.1. The fourth-order valence-corrected chi connectivity index (χ4v) is 1.30. The summed E-state index contributed by atoms with van der Waals surface area (Å²) in [6.07, 6.45) is 0. The number of rotatable bonds is 5. The normalized spacial score (nSPS) is 10.6. The monoisotopic (exact) mass is 245 g/mol. The van der Waals surface area contributed by atoms with Gasteiger partial charge in [0, 0.05) is 25.2 Å². The second-order valence-corrected chi connectivity index (χ2v) is 3.77. The first-order chi connectivity index (χ1) is 7.91. The van der Waals surface area contributed by atoms with Crippen molar-refractivity contribution in [2.24, 2.45) is 0 Å². The molecule has 0 bridgehead atoms. The largest absolute Gasteiger partial charge is 0.378 e. The van der Waals surface area contributed by atoms with Crippen LogP contribution in [0.25, 0.3) is 0 Å². The van der Waals surface area contributed by atoms with Gasteiger partial charge >= 0.3 is 5.69 Å². The van der Waals surface area contributed by atoms with Gasteiger partial charge in [-0.05, 0) is 14.1 Å². The third-order valence-electron chi connectivity index (χ3n) is 2.09. The van der Waals surface area contributed by atoms with Crippen molar-refractivity contribution in [3.63, 3.8) is 0 Å². The molecule has 0 atom stereocenters. The van der Waals surface area contributed by atoms with Crippen LogP contribution in [0.5, 0.6) is 0 Å². The number of nitrogens with one attached hydrogen (secondary N) is 1. The first kappa shape index (κ1) is 13.3. The Bertz CT molecular complexity index is 424. The van der Waals surface area contributed by atoms with Crippen LogP contribution in [-0.2, 0) is 0 Å². The van der Waals surface area contributed by atoms with Crippen LogP contribution in [0.2, 0.25) is 0 Å². The minimum Gasteiger partial charge on any atom is -0.378 e. The zero-order chi connectivity index (χ0) is 13.0. The molecule has 0 radical (unpaired) electrons. The summed E-state index contributed by atoms with van der Waals surface area (Å²) in [5.74, 6) is -2.03. The number of hydrogen-bond acceptors (Lipinski definition) is 4. The Morgan fingerprint density at radius 3 is 2.59 bits per heavy atom. The van der Waals surface area contributed by atoms with Crippen LogP contribution in [0.1, 0.15) is 0 Å². The highest BCUT2D eigenvalue weighted by Gasteiger charge is 2.21. The topological polar surface area (TPSA) is 58.4 Å². The Morgan fingerprint density at radius 1 is 1.41 bits per heavy atom. The molecule has 1 rings (SSSR count). The first-order valence-corrected chi connectivity index (χ1v) is 4.94. The average Bonchev–Trinajstić information content (AvgIpc) is 2.14. The fraction of sp³-hybridized carbons (Fsp3) is 0.400. The van der Waals surface area contributed by atoms with E-state index in [1.54, 1.807) is 0 Å². The summed E-state index contributed by atoms with van der Waals surface area (Å²) in [6.45, 7) is 0.950. The number of nitro benzene ring substituents is 1. The van der Waals surface area contributed by atoms with Crippen LogP contribution in [0.15, 0.2) is 12.1 Å². The number of nitro groups is 1. The Kier molecular flexibility index (Phi) is 4.33. The Hall–Kier alpha value is -1.76. The van der Waals surface area contributed by atoms with Crippen molar-refractivity contribution < 1.29 is 13.7 Å². The number of anilines is 1. The molecular weight excluding hydrogens is 232 g/mol. The lowest BCUT2D eigenvalue weighted by atomic mass is 10.2. The van der Waals surface area contributed by atoms with E-state index >= 15 is 0 Å². The Labute approximate surface area is 97.2 Å². The van der Waals surface area contributed by atoms with Gasteiger partial charge in [-0.3, -0.25) is 10.1 Å². The van der Waals surface area contributed by atoms with Gasteiger partial charge in [0.05, 0.1) is 4.92 Å². The number of benzene rings is 1. The molecule has 0 aliphatic rings. The number of hydrogen-bond donors (Lipinski definition) is 1. The summed E-state index contributed by atoms with van der Waals surface area (Å²) in [5, 5.41) is 13.3. The van der Waals surface area contributed by atoms with E-state index in [1.165, 1.54) is 0 Å². The molecule has 17 heavy (non-hydrogen) atoms. The molecule has 0 spiro atoms. The van der Waals surface area contributed by atoms with E-state index < -0.39 is 22.2 Å². The summed E-state index contributed by atoms with van der Waals surface area (Å²) >= 11 is 0. The van der Waals surface area contributed by atoms with Gasteiger partial charge in [-0.2, -0.15) is 4.39 Å². The third kappa shape index (κ3) is 3.63. The summed E-state index contributed by atoms with van der Waals surface area (Å²) in [7, 11) is 3.64. The van der Waals surface area contributed by atoms with Crippen molar-refractivity contribution in [1.82, 2.24) is 4.90 Å². The van der Waals surface area contributed by atoms with Crippen molar-refractivity contribution in [2.45, 2.75) is 0 Å². The summed E-state index contributed by atoms with van der Waals surface area (Å²) in [4.78, 5) is 11.6. The van der Waals surface area contributed by atoms with E-state index in [-0.39, 0.29) is 5.69 Å². The molecule has 0 aromatic heterocycles. The summed E-state index contributed by atoms with van der Waals surface area (Å²) in [6, 6.07) is 1.41. The van der Waals surface area contributed by atoms with Gasteiger partial charge in [-0.15, -0.1) is 0 Å². The average molecular weight is 245 g/mol. The van der Waals surface area contributed by atoms with Crippen LogP contribution in [0.3, 0.4) is 0 Å². The van der Waals surface area contributed by atoms with E-state index in [4.69, 9.17) is 0 Å². The van der Waals surface area contributed by atoms with Gasteiger partial charge in [0.1, 0.15) is 11.5 Å². The van der Waals surface area contributed by atoms with Gasteiger partial charge in [-0.1, -0.05) is 0 Å². The van der Waals surface area contributed by atoms with Gasteiger partial charge in [0.2, 0.25) is 5.82 Å². The van der Waals surface area contributed by atoms with Crippen molar-refractivity contribution in [1.29, 1.82) is 0 Å². The second-order valence-electron chi connectivity index (χ2n) is 3.77. The molecule has 0 fully saturated rings. The molecule has 7 heteroatoms. The lowest BCUT2D eigenvalue weighted by Gasteiger charge is -2.11. The minimum atomic E-state index is -1.18. The molecule has 94 valence electrons. The van der Waals surface area contributed by atoms with Gasteiger partial charge in [-0.25, -0.2) is 4.39 Å². The molecule has 0 amide bonds. The number of likely N-dealkylation sites (N-methyl/N-ethyl adjacent to an activating group) is 1. The number of halogens is 2. The van der Waals surface area contributed by atoms with Crippen molar-refractivity contribution in [3.8, 4) is 0 Å². The van der Waals surface area contributed by atoms with E-state index in [2.05, 4.69) is 5.32 Å². The zero-order valence-corrected chi connectivity index (χ0v) is 9.54. The molecular formula is C10H13F2N3O2. The number of nitrogens with zero attached hydrogens (tertiary/aromatic N) is 2. The molecule has 5 nitrogen and oxygen atoms in total. The molecule has 1 aromatic carbocycles. The fourth-order valence-electron chi connectivity index (χ4n) is 1.30. The van der Waals surface area contributed by atoms with E-state index in [9.17, 15) is 18.9 Å². The van der Waals surface area contributed by atoms with Crippen molar-refractivity contribution in [2.75, 3.05) is 32.5 Å². The molecule has 1 aromatic rings. The van der Waals surface area contributed by atoms with E-state index in [0.29, 0.717) is 19.2 Å². The highest BCUT2D eigenvalue weighted by Crippen LogP contribution is 2.28. The maximum absolute atomic E-state index is 13.2. The van der Waals surface area contributed by atoms with Crippen LogP contribution in [0, 0.1) is 21.7 Å². The second kappa shape index (κ2) is 5.53. The SMILES string of the molecule is CN(C)CCNc1cc(F)cc(F)c1[N+](=O)[O-]. The van der Waals surface area contributed by atoms with Gasteiger partial charge < -0.3 is 10.2 Å². The molecule has 0 aliphatic heterocycles. The van der Waals surface area contributed by atoms with Crippen molar-refractivity contribution in [3.05, 3.63) is 33.9 Å². The van der Waals surface area contributed by atoms with Crippen LogP contribution in [0.4, 0.5) is 20.2 Å². The predicted molar refractivity (Wildman–Crippen MR) is 60.1 cm³/mol. The predicted octanol–water partition coefficient (Wildman–Crippen LogP) is 1.85. The van der Waals surface area contributed by atoms with Crippen LogP contribution < -0.4 is 5.32 Å². The first-order valence-electron chi connectivity index (χ1n) is 4.94. The molecule has 0 saturated carbocycles.